The van der Waals surface area contributed by atoms with E-state index < -0.39 is 0 Å². The van der Waals surface area contributed by atoms with Gasteiger partial charge in [0.25, 0.3) is 0 Å². The number of nitrogens with zero attached hydrogens (tertiary/aromatic N) is 2. The van der Waals surface area contributed by atoms with Crippen molar-refractivity contribution in [2.45, 2.75) is 135 Å². The van der Waals surface area contributed by atoms with Gasteiger partial charge >= 0.3 is 0 Å². The number of aryl methyl sites for hydroxylation is 1. The van der Waals surface area contributed by atoms with E-state index in [1.54, 1.807) is 10.6 Å². The Bertz CT molecular complexity index is 648. The third-order valence-electron chi connectivity index (χ3n) is 7.79. The summed E-state index contributed by atoms with van der Waals surface area (Å²) < 4.78 is 1.79. The van der Waals surface area contributed by atoms with Gasteiger partial charge in [0.15, 0.2) is 11.8 Å². The lowest BCUT2D eigenvalue weighted by Crippen LogP contribution is -2.60. The van der Waals surface area contributed by atoms with E-state index in [4.69, 9.17) is 0 Å². The molecular weight excluding hydrogens is 372 g/mol. The van der Waals surface area contributed by atoms with Crippen LogP contribution in [0.1, 0.15) is 123 Å². The quantitative estimate of drug-likeness (QED) is 0.352. The summed E-state index contributed by atoms with van der Waals surface area (Å²) in [5.41, 5.74) is 0.872. The minimum absolute atomic E-state index is 0.0667. The number of rotatable bonds is 12. The minimum atomic E-state index is -0.149. The predicted molar refractivity (Wildman–Crippen MR) is 128 cm³/mol. The molecule has 2 N–H and O–H groups in total. The van der Waals surface area contributed by atoms with E-state index >= 15 is 0 Å². The molecule has 0 aliphatic carbocycles. The van der Waals surface area contributed by atoms with Gasteiger partial charge in [0.05, 0.1) is 6.04 Å². The fraction of sp³-hybridized carbons (Fsp3) is 0.846. The first kappa shape index (κ1) is 25.1. The van der Waals surface area contributed by atoms with E-state index in [0.29, 0.717) is 0 Å². The average molecular weight is 421 g/mol. The molecule has 1 aromatic rings. The molecule has 4 nitrogen and oxygen atoms in total. The molecule has 2 rings (SSSR count). The summed E-state index contributed by atoms with van der Waals surface area (Å²) >= 11 is 0. The summed E-state index contributed by atoms with van der Waals surface area (Å²) in [6, 6.07) is 1.86. The molecule has 1 aliphatic rings. The van der Waals surface area contributed by atoms with Gasteiger partial charge in [-0.3, -0.25) is 9.47 Å². The molecule has 30 heavy (non-hydrogen) atoms. The van der Waals surface area contributed by atoms with Crippen molar-refractivity contribution in [2.75, 3.05) is 7.05 Å². The van der Waals surface area contributed by atoms with Crippen LogP contribution >= 0.6 is 0 Å². The summed E-state index contributed by atoms with van der Waals surface area (Å²) in [5, 5.41) is 21.6. The fourth-order valence-corrected chi connectivity index (χ4v) is 5.31. The molecular formula is C26H48N2O2. The first-order valence-corrected chi connectivity index (χ1v) is 12.5. The summed E-state index contributed by atoms with van der Waals surface area (Å²) in [6.45, 7) is 11.3. The number of hydrogen-bond acceptors (Lipinski definition) is 3. The lowest BCUT2D eigenvalue weighted by Gasteiger charge is -2.55. The Kier molecular flexibility index (Phi) is 9.14. The molecule has 1 unspecified atom stereocenters. The van der Waals surface area contributed by atoms with E-state index in [2.05, 4.69) is 46.6 Å². The lowest BCUT2D eigenvalue weighted by molar-refractivity contribution is -0.0419. The molecule has 1 atom stereocenters. The lowest BCUT2D eigenvalue weighted by atomic mass is 9.76. The van der Waals surface area contributed by atoms with Gasteiger partial charge in [-0.15, -0.1) is 0 Å². The van der Waals surface area contributed by atoms with E-state index in [-0.39, 0.29) is 28.9 Å². The first-order valence-electron chi connectivity index (χ1n) is 12.5. The average Bonchev–Trinajstić information content (AvgIpc) is 2.95. The molecule has 174 valence electrons. The third-order valence-corrected chi connectivity index (χ3v) is 7.79. The van der Waals surface area contributed by atoms with Crippen LogP contribution in [0.15, 0.2) is 6.07 Å². The molecule has 1 aromatic heterocycles. The van der Waals surface area contributed by atoms with Crippen molar-refractivity contribution < 1.29 is 10.2 Å². The molecule has 1 fully saturated rings. The molecule has 0 bridgehead atoms. The Hall–Kier alpha value is -1.16. The van der Waals surface area contributed by atoms with Crippen LogP contribution in [0.25, 0.3) is 0 Å². The van der Waals surface area contributed by atoms with E-state index in [1.807, 2.05) is 0 Å². The number of likely N-dealkylation sites (tertiary alicyclic amines) is 1. The maximum absolute atomic E-state index is 10.9. The standard InChI is InChI=1S/C26H48N2O2/c1-7-8-9-10-11-12-13-14-15-16-17-21-20-23(29)28(24(21)30)22-18-19-25(2,3)27(6)26(22,4)5/h20,22,29-30H,7-19H2,1-6H3. The molecule has 2 heterocycles. The monoisotopic (exact) mass is 420 g/mol. The van der Waals surface area contributed by atoms with Gasteiger partial charge in [0.1, 0.15) is 0 Å². The number of unbranched alkanes of at least 4 members (excludes halogenated alkanes) is 9. The summed E-state index contributed by atoms with van der Waals surface area (Å²) in [7, 11) is 2.16. The van der Waals surface area contributed by atoms with E-state index in [1.165, 1.54) is 57.8 Å². The van der Waals surface area contributed by atoms with E-state index in [0.717, 1.165) is 31.2 Å². The highest BCUT2D eigenvalue weighted by molar-refractivity contribution is 5.37. The summed E-state index contributed by atoms with van der Waals surface area (Å²) in [4.78, 5) is 2.40. The molecule has 4 heteroatoms. The zero-order valence-electron chi connectivity index (χ0n) is 20.6. The molecule has 0 radical (unpaired) electrons. The number of likely N-dealkylation sites (N-methyl/N-ethyl adjacent to an activating group) is 1. The second-order valence-electron chi connectivity index (χ2n) is 10.7. The van der Waals surface area contributed by atoms with Crippen LogP contribution in [0.5, 0.6) is 11.8 Å². The van der Waals surface area contributed by atoms with Crippen LogP contribution in [-0.2, 0) is 6.42 Å². The molecule has 0 saturated carbocycles. The van der Waals surface area contributed by atoms with Gasteiger partial charge < -0.3 is 10.2 Å². The normalized spacial score (nSPS) is 21.2. The Balaban J connectivity index is 1.85. The van der Waals surface area contributed by atoms with Crippen molar-refractivity contribution in [3.05, 3.63) is 11.6 Å². The van der Waals surface area contributed by atoms with Crippen molar-refractivity contribution in [2.24, 2.45) is 0 Å². The van der Waals surface area contributed by atoms with Gasteiger partial charge in [-0.25, -0.2) is 0 Å². The SMILES string of the molecule is CCCCCCCCCCCCc1cc(O)n(C2CCC(C)(C)N(C)C2(C)C)c1O. The van der Waals surface area contributed by atoms with Gasteiger partial charge in [-0.05, 0) is 60.4 Å². The minimum Gasteiger partial charge on any atom is -0.494 e. The Morgan fingerprint density at radius 1 is 0.900 bits per heavy atom. The van der Waals surface area contributed by atoms with E-state index in [9.17, 15) is 10.2 Å². The van der Waals surface area contributed by atoms with Crippen molar-refractivity contribution >= 4 is 0 Å². The van der Waals surface area contributed by atoms with Gasteiger partial charge in [0, 0.05) is 22.7 Å². The second-order valence-corrected chi connectivity index (χ2v) is 10.7. The zero-order valence-corrected chi connectivity index (χ0v) is 20.6. The van der Waals surface area contributed by atoms with Crippen LogP contribution in [0.3, 0.4) is 0 Å². The summed E-state index contributed by atoms with van der Waals surface area (Å²) in [5.74, 6) is 0.482. The fourth-order valence-electron chi connectivity index (χ4n) is 5.31. The highest BCUT2D eigenvalue weighted by Gasteiger charge is 2.47. The molecule has 0 amide bonds. The number of piperidine rings is 1. The van der Waals surface area contributed by atoms with Crippen LogP contribution < -0.4 is 0 Å². The Labute approximate surface area is 185 Å². The highest BCUT2D eigenvalue weighted by Crippen LogP contribution is 2.47. The van der Waals surface area contributed by atoms with Gasteiger partial charge in [-0.2, -0.15) is 0 Å². The Morgan fingerprint density at radius 2 is 1.43 bits per heavy atom. The zero-order chi connectivity index (χ0) is 22.4. The summed E-state index contributed by atoms with van der Waals surface area (Å²) in [6.07, 6.45) is 15.9. The topological polar surface area (TPSA) is 48.6 Å². The maximum atomic E-state index is 10.9. The smallest absolute Gasteiger partial charge is 0.197 e. The number of hydrogen-bond donors (Lipinski definition) is 2. The van der Waals surface area contributed by atoms with Crippen molar-refractivity contribution in [3.8, 4) is 11.8 Å². The third kappa shape index (κ3) is 5.96. The number of aromatic nitrogens is 1. The van der Waals surface area contributed by atoms with Crippen molar-refractivity contribution in [3.63, 3.8) is 0 Å². The molecule has 1 saturated heterocycles. The highest BCUT2D eigenvalue weighted by atomic mass is 16.3. The molecule has 0 spiro atoms. The number of aromatic hydroxyl groups is 2. The van der Waals surface area contributed by atoms with Crippen molar-refractivity contribution in [1.29, 1.82) is 0 Å². The van der Waals surface area contributed by atoms with Gasteiger partial charge in [-0.1, -0.05) is 64.7 Å². The van der Waals surface area contributed by atoms with Crippen LogP contribution in [0.4, 0.5) is 0 Å². The van der Waals surface area contributed by atoms with Crippen LogP contribution in [0, 0.1) is 0 Å². The van der Waals surface area contributed by atoms with Crippen LogP contribution in [-0.4, -0.2) is 37.8 Å². The second kappa shape index (κ2) is 10.9. The molecule has 1 aliphatic heterocycles. The maximum Gasteiger partial charge on any atom is 0.197 e. The Morgan fingerprint density at radius 3 is 2.00 bits per heavy atom. The first-order chi connectivity index (χ1) is 14.1. The predicted octanol–water partition coefficient (Wildman–Crippen LogP) is 7.19. The molecule has 0 aromatic carbocycles. The van der Waals surface area contributed by atoms with Crippen LogP contribution in [0.2, 0.25) is 0 Å². The van der Waals surface area contributed by atoms with Gasteiger partial charge in [0.2, 0.25) is 0 Å². The van der Waals surface area contributed by atoms with Crippen molar-refractivity contribution in [1.82, 2.24) is 9.47 Å². The largest absolute Gasteiger partial charge is 0.494 e.